The van der Waals surface area contributed by atoms with Crippen LogP contribution in [-0.4, -0.2) is 41.6 Å². The lowest BCUT2D eigenvalue weighted by molar-refractivity contribution is -0.128. The topological polar surface area (TPSA) is 110 Å². The summed E-state index contributed by atoms with van der Waals surface area (Å²) in [7, 11) is -7.27. The fourth-order valence-corrected chi connectivity index (χ4v) is 5.90. The van der Waals surface area contributed by atoms with E-state index in [9.17, 15) is 21.6 Å². The summed E-state index contributed by atoms with van der Waals surface area (Å²) in [5, 5.41) is 2.84. The number of para-hydroxylation sites is 2. The van der Waals surface area contributed by atoms with E-state index in [1.54, 1.807) is 67.6 Å². The number of aryl methyl sites for hydroxylation is 1. The van der Waals surface area contributed by atoms with Gasteiger partial charge in [0.05, 0.1) is 28.1 Å². The standard InChI is InChI=1S/C25H26N2O6S2/c1-17-8-12-21(13-9-17)35(31,32)27-16-24(33-23-7-5-4-6-22(23)27)25(28)26-18(2)19-10-14-20(15-11-19)34(3,29)30/h4-15,18,24H,16H2,1-3H3,(H,26,28). The molecule has 0 spiro atoms. The van der Waals surface area contributed by atoms with E-state index in [4.69, 9.17) is 4.74 Å². The number of rotatable bonds is 6. The van der Waals surface area contributed by atoms with Crippen LogP contribution in [0.5, 0.6) is 5.75 Å². The summed E-state index contributed by atoms with van der Waals surface area (Å²) in [6, 6.07) is 19.0. The Morgan fingerprint density at radius 3 is 2.17 bits per heavy atom. The Morgan fingerprint density at radius 1 is 0.943 bits per heavy atom. The first-order valence-electron chi connectivity index (χ1n) is 10.9. The average Bonchev–Trinajstić information content (AvgIpc) is 2.83. The van der Waals surface area contributed by atoms with Gasteiger partial charge in [-0.05, 0) is 55.8 Å². The first-order chi connectivity index (χ1) is 16.5. The molecule has 35 heavy (non-hydrogen) atoms. The molecule has 1 heterocycles. The van der Waals surface area contributed by atoms with Crippen LogP contribution in [0.3, 0.4) is 0 Å². The fraction of sp³-hybridized carbons (Fsp3) is 0.240. The van der Waals surface area contributed by atoms with E-state index in [-0.39, 0.29) is 16.3 Å². The molecule has 2 atom stereocenters. The molecule has 1 amide bonds. The number of anilines is 1. The van der Waals surface area contributed by atoms with Gasteiger partial charge in [-0.15, -0.1) is 0 Å². The third-order valence-electron chi connectivity index (χ3n) is 5.80. The Labute approximate surface area is 205 Å². The zero-order valence-corrected chi connectivity index (χ0v) is 21.1. The van der Waals surface area contributed by atoms with Gasteiger partial charge in [0.2, 0.25) is 0 Å². The van der Waals surface area contributed by atoms with E-state index >= 15 is 0 Å². The van der Waals surface area contributed by atoms with E-state index in [1.807, 2.05) is 6.92 Å². The lowest BCUT2D eigenvalue weighted by Gasteiger charge is -2.35. The minimum Gasteiger partial charge on any atom is -0.476 e. The molecule has 0 saturated heterocycles. The molecule has 0 fully saturated rings. The van der Waals surface area contributed by atoms with Crippen molar-refractivity contribution in [2.24, 2.45) is 0 Å². The predicted octanol–water partition coefficient (Wildman–Crippen LogP) is 3.23. The minimum atomic E-state index is -3.94. The number of nitrogens with one attached hydrogen (secondary N) is 1. The highest BCUT2D eigenvalue weighted by Crippen LogP contribution is 2.37. The zero-order chi connectivity index (χ0) is 25.4. The maximum atomic E-state index is 13.5. The third kappa shape index (κ3) is 5.18. The van der Waals surface area contributed by atoms with Crippen molar-refractivity contribution in [1.82, 2.24) is 5.32 Å². The number of carbonyl (C=O) groups excluding carboxylic acids is 1. The summed E-state index contributed by atoms with van der Waals surface area (Å²) >= 11 is 0. The molecule has 0 saturated carbocycles. The number of nitrogens with zero attached hydrogens (tertiary/aromatic N) is 1. The Bertz CT molecular complexity index is 1450. The van der Waals surface area contributed by atoms with Crippen molar-refractivity contribution < 1.29 is 26.4 Å². The van der Waals surface area contributed by atoms with Crippen molar-refractivity contribution in [2.75, 3.05) is 17.1 Å². The van der Waals surface area contributed by atoms with Gasteiger partial charge in [-0.1, -0.05) is 42.0 Å². The maximum absolute atomic E-state index is 13.5. The van der Waals surface area contributed by atoms with Crippen LogP contribution in [0.2, 0.25) is 0 Å². The van der Waals surface area contributed by atoms with Crippen LogP contribution >= 0.6 is 0 Å². The molecule has 4 rings (SSSR count). The smallest absolute Gasteiger partial charge is 0.264 e. The zero-order valence-electron chi connectivity index (χ0n) is 19.5. The molecule has 184 valence electrons. The number of carbonyl (C=O) groups is 1. The lowest BCUT2D eigenvalue weighted by atomic mass is 10.1. The first-order valence-corrected chi connectivity index (χ1v) is 14.3. The van der Waals surface area contributed by atoms with Gasteiger partial charge >= 0.3 is 0 Å². The number of ether oxygens (including phenoxy) is 1. The highest BCUT2D eigenvalue weighted by molar-refractivity contribution is 7.92. The summed E-state index contributed by atoms with van der Waals surface area (Å²) in [5.74, 6) is -0.192. The number of sulfonamides is 1. The second-order valence-electron chi connectivity index (χ2n) is 8.49. The molecule has 1 aliphatic heterocycles. The molecular formula is C25H26N2O6S2. The van der Waals surface area contributed by atoms with Gasteiger partial charge < -0.3 is 10.1 Å². The minimum absolute atomic E-state index is 0.123. The number of hydrogen-bond acceptors (Lipinski definition) is 6. The molecule has 0 bridgehead atoms. The van der Waals surface area contributed by atoms with Crippen LogP contribution in [-0.2, 0) is 24.7 Å². The van der Waals surface area contributed by atoms with Gasteiger partial charge in [0.1, 0.15) is 5.75 Å². The van der Waals surface area contributed by atoms with E-state index in [0.717, 1.165) is 11.8 Å². The molecule has 10 heteroatoms. The molecule has 3 aromatic rings. The van der Waals surface area contributed by atoms with Crippen LogP contribution in [0, 0.1) is 6.92 Å². The van der Waals surface area contributed by atoms with Gasteiger partial charge in [-0.3, -0.25) is 9.10 Å². The third-order valence-corrected chi connectivity index (χ3v) is 8.73. The van der Waals surface area contributed by atoms with Crippen molar-refractivity contribution in [1.29, 1.82) is 0 Å². The molecule has 1 aliphatic rings. The van der Waals surface area contributed by atoms with E-state index < -0.39 is 37.9 Å². The quantitative estimate of drug-likeness (QED) is 0.541. The number of sulfone groups is 1. The van der Waals surface area contributed by atoms with Crippen molar-refractivity contribution >= 4 is 31.5 Å². The van der Waals surface area contributed by atoms with Crippen molar-refractivity contribution in [2.45, 2.75) is 35.8 Å². The van der Waals surface area contributed by atoms with Gasteiger partial charge in [0.15, 0.2) is 15.9 Å². The molecule has 8 nitrogen and oxygen atoms in total. The van der Waals surface area contributed by atoms with Crippen molar-refractivity contribution in [3.05, 3.63) is 83.9 Å². The Balaban J connectivity index is 1.58. The number of fused-ring (bicyclic) bond motifs is 1. The molecule has 2 unspecified atom stereocenters. The number of amides is 1. The molecule has 0 aliphatic carbocycles. The Morgan fingerprint density at radius 2 is 1.54 bits per heavy atom. The molecule has 3 aromatic carbocycles. The Hall–Kier alpha value is -3.37. The van der Waals surface area contributed by atoms with Crippen molar-refractivity contribution in [3.63, 3.8) is 0 Å². The average molecular weight is 515 g/mol. The van der Waals surface area contributed by atoms with Crippen LogP contribution in [0.15, 0.2) is 82.6 Å². The van der Waals surface area contributed by atoms with E-state index in [2.05, 4.69) is 5.32 Å². The van der Waals surface area contributed by atoms with Crippen LogP contribution in [0.25, 0.3) is 0 Å². The summed E-state index contributed by atoms with van der Waals surface area (Å²) in [6.07, 6.45) is 0.0462. The van der Waals surface area contributed by atoms with E-state index in [1.165, 1.54) is 16.4 Å². The number of hydrogen-bond donors (Lipinski definition) is 1. The summed E-state index contributed by atoms with van der Waals surface area (Å²) < 4.78 is 57.4. The summed E-state index contributed by atoms with van der Waals surface area (Å²) in [5.41, 5.74) is 2.00. The highest BCUT2D eigenvalue weighted by Gasteiger charge is 2.37. The van der Waals surface area contributed by atoms with Crippen LogP contribution in [0.4, 0.5) is 5.69 Å². The predicted molar refractivity (Wildman–Crippen MR) is 133 cm³/mol. The summed E-state index contributed by atoms with van der Waals surface area (Å²) in [4.78, 5) is 13.4. The molecule has 0 radical (unpaired) electrons. The second-order valence-corrected chi connectivity index (χ2v) is 12.4. The van der Waals surface area contributed by atoms with Crippen LogP contribution in [0.1, 0.15) is 24.1 Å². The van der Waals surface area contributed by atoms with E-state index in [0.29, 0.717) is 17.0 Å². The van der Waals surface area contributed by atoms with Gasteiger partial charge in [0.25, 0.3) is 15.9 Å². The Kier molecular flexibility index (Phi) is 6.61. The van der Waals surface area contributed by atoms with Gasteiger partial charge in [-0.25, -0.2) is 16.8 Å². The molecule has 0 aromatic heterocycles. The summed E-state index contributed by atoms with van der Waals surface area (Å²) in [6.45, 7) is 3.43. The monoisotopic (exact) mass is 514 g/mol. The normalized spacial score (nSPS) is 16.7. The van der Waals surface area contributed by atoms with Gasteiger partial charge in [-0.2, -0.15) is 0 Å². The highest BCUT2D eigenvalue weighted by atomic mass is 32.2. The fourth-order valence-electron chi connectivity index (χ4n) is 3.80. The largest absolute Gasteiger partial charge is 0.476 e. The number of benzene rings is 3. The van der Waals surface area contributed by atoms with Crippen LogP contribution < -0.4 is 14.4 Å². The maximum Gasteiger partial charge on any atom is 0.264 e. The SMILES string of the molecule is Cc1ccc(S(=O)(=O)N2CC(C(=O)NC(C)c3ccc(S(C)(=O)=O)cc3)Oc3ccccc32)cc1. The lowest BCUT2D eigenvalue weighted by Crippen LogP contribution is -2.51. The second kappa shape index (κ2) is 9.35. The molecular weight excluding hydrogens is 488 g/mol. The first kappa shape index (κ1) is 24.7. The van der Waals surface area contributed by atoms with Crippen molar-refractivity contribution in [3.8, 4) is 5.75 Å². The molecule has 1 N–H and O–H groups in total. The van der Waals surface area contributed by atoms with Gasteiger partial charge in [0, 0.05) is 6.26 Å².